The maximum atomic E-state index is 10.1. The molecule has 0 N–H and O–H groups in total. The van der Waals surface area contributed by atoms with Crippen molar-refractivity contribution in [3.63, 3.8) is 0 Å². The Balaban J connectivity index is 1.27. The molecule has 1 spiro atoms. The van der Waals surface area contributed by atoms with Crippen LogP contribution in [0.4, 0.5) is 0 Å². The molecule has 9 rings (SSSR count). The first-order valence-corrected chi connectivity index (χ1v) is 15.8. The summed E-state index contributed by atoms with van der Waals surface area (Å²) < 4.78 is 6.36. The van der Waals surface area contributed by atoms with Gasteiger partial charge in [0.1, 0.15) is 16.8 Å². The van der Waals surface area contributed by atoms with E-state index >= 15 is 0 Å². The molecule has 2 aromatic heterocycles. The molecule has 0 saturated heterocycles. The van der Waals surface area contributed by atoms with Crippen molar-refractivity contribution in [1.29, 1.82) is 5.26 Å². The van der Waals surface area contributed by atoms with E-state index in [-0.39, 0.29) is 5.41 Å². The zero-order chi connectivity index (χ0) is 30.0. The zero-order valence-electron chi connectivity index (χ0n) is 24.8. The first-order chi connectivity index (χ1) is 22.2. The number of hydrogen-bond acceptors (Lipinski definition) is 4. The number of rotatable bonds is 3. The maximum Gasteiger partial charge on any atom is 0.180 e. The van der Waals surface area contributed by atoms with Crippen molar-refractivity contribution in [1.82, 2.24) is 9.97 Å². The summed E-state index contributed by atoms with van der Waals surface area (Å²) in [5.74, 6) is 0.673. The number of benzene rings is 5. The summed E-state index contributed by atoms with van der Waals surface area (Å²) in [5.41, 5.74) is 13.1. The van der Waals surface area contributed by atoms with Crippen molar-refractivity contribution in [3.8, 4) is 51.0 Å². The van der Waals surface area contributed by atoms with Gasteiger partial charge >= 0.3 is 0 Å². The molecule has 214 valence electrons. The first kappa shape index (κ1) is 25.9. The summed E-state index contributed by atoms with van der Waals surface area (Å²) in [7, 11) is 0. The Labute approximate surface area is 261 Å². The van der Waals surface area contributed by atoms with Gasteiger partial charge in [-0.15, -0.1) is 0 Å². The van der Waals surface area contributed by atoms with E-state index in [1.54, 1.807) is 0 Å². The van der Waals surface area contributed by atoms with Crippen LogP contribution >= 0.6 is 0 Å². The zero-order valence-corrected chi connectivity index (χ0v) is 24.8. The smallest absolute Gasteiger partial charge is 0.180 e. The molecule has 0 aliphatic heterocycles. The monoisotopic (exact) mass is 579 g/mol. The van der Waals surface area contributed by atoms with Crippen LogP contribution in [0.2, 0.25) is 0 Å². The Morgan fingerprint density at radius 1 is 0.644 bits per heavy atom. The van der Waals surface area contributed by atoms with Gasteiger partial charge < -0.3 is 4.42 Å². The maximum absolute atomic E-state index is 10.1. The van der Waals surface area contributed by atoms with E-state index in [1.165, 1.54) is 36.0 Å². The summed E-state index contributed by atoms with van der Waals surface area (Å²) in [4.78, 5) is 10.4. The summed E-state index contributed by atoms with van der Waals surface area (Å²) in [6, 6.07) is 42.4. The molecular weight excluding hydrogens is 550 g/mol. The molecule has 0 atom stereocenters. The van der Waals surface area contributed by atoms with Crippen LogP contribution in [0.1, 0.15) is 48.8 Å². The van der Waals surface area contributed by atoms with E-state index in [1.807, 2.05) is 42.5 Å². The molecule has 0 amide bonds. The van der Waals surface area contributed by atoms with Crippen LogP contribution in [-0.2, 0) is 5.41 Å². The third kappa shape index (κ3) is 3.84. The number of hydrogen-bond donors (Lipinski definition) is 0. The van der Waals surface area contributed by atoms with E-state index in [9.17, 15) is 5.26 Å². The standard InChI is InChI=1S/C41H29N3O/c42-25-28-14-11-18-33-36(28)31-21-20-27(24-34(31)41(33)22-9-2-10-23-41)29-15-5-6-16-30(29)40-43-37(26-12-3-1-4-13-26)39-38(44-40)32-17-7-8-19-35(32)45-39/h1,3-8,11-21,24H,2,9-10,22-23H2. The van der Waals surface area contributed by atoms with Gasteiger partial charge in [0, 0.05) is 27.5 Å². The highest BCUT2D eigenvalue weighted by molar-refractivity contribution is 6.07. The molecule has 4 nitrogen and oxygen atoms in total. The Bertz CT molecular complexity index is 2320. The third-order valence-corrected chi connectivity index (χ3v) is 9.96. The van der Waals surface area contributed by atoms with Crippen LogP contribution in [0, 0.1) is 11.3 Å². The fourth-order valence-electron chi connectivity index (χ4n) is 7.93. The van der Waals surface area contributed by atoms with E-state index in [0.29, 0.717) is 11.4 Å². The molecule has 0 radical (unpaired) electrons. The highest BCUT2D eigenvalue weighted by Gasteiger charge is 2.44. The van der Waals surface area contributed by atoms with Gasteiger partial charge in [0.15, 0.2) is 11.4 Å². The molecule has 0 unspecified atom stereocenters. The van der Waals surface area contributed by atoms with Crippen molar-refractivity contribution >= 4 is 22.1 Å². The molecule has 0 bridgehead atoms. The Morgan fingerprint density at radius 2 is 1.42 bits per heavy atom. The summed E-state index contributed by atoms with van der Waals surface area (Å²) in [5, 5.41) is 11.0. The number of aromatic nitrogens is 2. The topological polar surface area (TPSA) is 62.7 Å². The lowest BCUT2D eigenvalue weighted by molar-refractivity contribution is 0.353. The molecule has 5 aromatic carbocycles. The molecule has 1 saturated carbocycles. The predicted octanol–water partition coefficient (Wildman–Crippen LogP) is 10.5. The summed E-state index contributed by atoms with van der Waals surface area (Å²) in [6.45, 7) is 0. The Hall–Kier alpha value is -5.53. The van der Waals surface area contributed by atoms with Crippen LogP contribution < -0.4 is 0 Å². The minimum Gasteiger partial charge on any atom is -0.452 e. The van der Waals surface area contributed by atoms with Crippen LogP contribution in [0.15, 0.2) is 120 Å². The van der Waals surface area contributed by atoms with Gasteiger partial charge in [-0.1, -0.05) is 110 Å². The van der Waals surface area contributed by atoms with Crippen molar-refractivity contribution in [3.05, 3.63) is 132 Å². The van der Waals surface area contributed by atoms with Gasteiger partial charge in [-0.3, -0.25) is 0 Å². The Kier molecular flexibility index (Phi) is 5.76. The minimum absolute atomic E-state index is 0.0493. The first-order valence-electron chi connectivity index (χ1n) is 15.8. The van der Waals surface area contributed by atoms with E-state index in [4.69, 9.17) is 14.4 Å². The highest BCUT2D eigenvalue weighted by Crippen LogP contribution is 2.57. The number of nitrogens with zero attached hydrogens (tertiary/aromatic N) is 3. The molecule has 2 aliphatic rings. The fraction of sp³-hybridized carbons (Fsp3) is 0.146. The lowest BCUT2D eigenvalue weighted by Crippen LogP contribution is -2.28. The van der Waals surface area contributed by atoms with Crippen molar-refractivity contribution < 1.29 is 4.42 Å². The van der Waals surface area contributed by atoms with Crippen molar-refractivity contribution in [2.45, 2.75) is 37.5 Å². The quantitative estimate of drug-likeness (QED) is 0.209. The van der Waals surface area contributed by atoms with Crippen molar-refractivity contribution in [2.24, 2.45) is 0 Å². The van der Waals surface area contributed by atoms with Gasteiger partial charge in [-0.25, -0.2) is 9.97 Å². The summed E-state index contributed by atoms with van der Waals surface area (Å²) in [6.07, 6.45) is 5.89. The van der Waals surface area contributed by atoms with Crippen LogP contribution in [-0.4, -0.2) is 9.97 Å². The van der Waals surface area contributed by atoms with Crippen LogP contribution in [0.5, 0.6) is 0 Å². The number of nitriles is 1. The largest absolute Gasteiger partial charge is 0.452 e. The van der Waals surface area contributed by atoms with Crippen LogP contribution in [0.3, 0.4) is 0 Å². The van der Waals surface area contributed by atoms with Gasteiger partial charge in [-0.05, 0) is 64.9 Å². The lowest BCUT2D eigenvalue weighted by atomic mass is 9.67. The lowest BCUT2D eigenvalue weighted by Gasteiger charge is -2.36. The second-order valence-electron chi connectivity index (χ2n) is 12.3. The average Bonchev–Trinajstić information content (AvgIpc) is 3.62. The molecule has 2 heterocycles. The molecule has 7 aromatic rings. The van der Waals surface area contributed by atoms with E-state index < -0.39 is 0 Å². The highest BCUT2D eigenvalue weighted by atomic mass is 16.3. The van der Waals surface area contributed by atoms with Gasteiger partial charge in [0.05, 0.1) is 11.6 Å². The van der Waals surface area contributed by atoms with E-state index in [2.05, 4.69) is 78.9 Å². The average molecular weight is 580 g/mol. The number of para-hydroxylation sites is 1. The number of fused-ring (bicyclic) bond motifs is 8. The van der Waals surface area contributed by atoms with Gasteiger partial charge in [0.2, 0.25) is 0 Å². The molecule has 45 heavy (non-hydrogen) atoms. The third-order valence-electron chi connectivity index (χ3n) is 9.96. The normalized spacial score (nSPS) is 14.8. The van der Waals surface area contributed by atoms with E-state index in [0.717, 1.165) is 68.4 Å². The predicted molar refractivity (Wildman–Crippen MR) is 180 cm³/mol. The fourth-order valence-corrected chi connectivity index (χ4v) is 7.93. The summed E-state index contributed by atoms with van der Waals surface area (Å²) >= 11 is 0. The second kappa shape index (κ2) is 10.0. The molecule has 1 fully saturated rings. The van der Waals surface area contributed by atoms with Crippen LogP contribution in [0.25, 0.3) is 67.0 Å². The van der Waals surface area contributed by atoms with Gasteiger partial charge in [-0.2, -0.15) is 5.26 Å². The van der Waals surface area contributed by atoms with Crippen molar-refractivity contribution in [2.75, 3.05) is 0 Å². The SMILES string of the molecule is N#Cc1cccc2c1-c1ccc(-c3ccccc3-c3nc(-c4ccccc4)c4oc5ccccc5c4n3)cc1C21CCCCC1. The molecular formula is C41H29N3O. The second-order valence-corrected chi connectivity index (χ2v) is 12.3. The molecule has 2 aliphatic carbocycles. The van der Waals surface area contributed by atoms with Gasteiger partial charge in [0.25, 0.3) is 0 Å². The molecule has 4 heteroatoms. The number of furan rings is 1. The Morgan fingerprint density at radius 3 is 2.27 bits per heavy atom. The minimum atomic E-state index is -0.0493.